The minimum Gasteiger partial charge on any atom is -0.341 e. The van der Waals surface area contributed by atoms with Gasteiger partial charge < -0.3 is 10.2 Å². The summed E-state index contributed by atoms with van der Waals surface area (Å²) in [5.41, 5.74) is 2.19. The number of carbonyl (C=O) groups excluding carboxylic acids is 1. The predicted molar refractivity (Wildman–Crippen MR) is 95.0 cm³/mol. The van der Waals surface area contributed by atoms with E-state index >= 15 is 0 Å². The number of hydrogen-bond donors (Lipinski definition) is 1. The number of amides is 1. The molecule has 1 aromatic heterocycles. The van der Waals surface area contributed by atoms with Crippen LogP contribution in [0, 0.1) is 5.92 Å². The number of aromatic nitrogens is 2. The molecule has 2 heterocycles. The number of piperidine rings is 1. The van der Waals surface area contributed by atoms with Crippen molar-refractivity contribution in [2.45, 2.75) is 32.7 Å². The molecule has 2 aromatic rings. The highest BCUT2D eigenvalue weighted by Gasteiger charge is 2.21. The van der Waals surface area contributed by atoms with E-state index in [9.17, 15) is 4.79 Å². The van der Waals surface area contributed by atoms with Crippen molar-refractivity contribution in [2.75, 3.05) is 19.6 Å². The van der Waals surface area contributed by atoms with Gasteiger partial charge in [0.2, 0.25) is 5.91 Å². The molecule has 1 aliphatic heterocycles. The minimum absolute atomic E-state index is 0.117. The second-order valence-electron chi connectivity index (χ2n) is 6.74. The summed E-state index contributed by atoms with van der Waals surface area (Å²) in [7, 11) is 0. The third-order valence-corrected chi connectivity index (χ3v) is 4.71. The van der Waals surface area contributed by atoms with Gasteiger partial charge in [0.1, 0.15) is 0 Å². The first-order valence-electron chi connectivity index (χ1n) is 8.74. The molecule has 0 radical (unpaired) electrons. The Hall–Kier alpha value is -2.14. The molecule has 1 aromatic carbocycles. The van der Waals surface area contributed by atoms with E-state index in [4.69, 9.17) is 0 Å². The lowest BCUT2D eigenvalue weighted by atomic mass is 10.0. The number of likely N-dealkylation sites (tertiary alicyclic amines) is 1. The first-order chi connectivity index (χ1) is 11.6. The Morgan fingerprint density at radius 2 is 2.29 bits per heavy atom. The van der Waals surface area contributed by atoms with Crippen LogP contribution in [0.4, 0.5) is 0 Å². The number of nitrogens with zero attached hydrogens (tertiary/aromatic N) is 3. The van der Waals surface area contributed by atoms with Gasteiger partial charge in [0.15, 0.2) is 0 Å². The van der Waals surface area contributed by atoms with E-state index in [0.29, 0.717) is 12.5 Å². The van der Waals surface area contributed by atoms with Gasteiger partial charge in [-0.25, -0.2) is 4.68 Å². The van der Waals surface area contributed by atoms with Crippen molar-refractivity contribution < 1.29 is 4.79 Å². The Morgan fingerprint density at radius 1 is 1.42 bits per heavy atom. The Kier molecular flexibility index (Phi) is 5.30. The van der Waals surface area contributed by atoms with Crippen molar-refractivity contribution >= 4 is 5.91 Å². The van der Waals surface area contributed by atoms with Crippen LogP contribution in [-0.2, 0) is 4.79 Å². The maximum Gasteiger partial charge on any atom is 0.236 e. The van der Waals surface area contributed by atoms with Crippen LogP contribution in [0.2, 0.25) is 0 Å². The smallest absolute Gasteiger partial charge is 0.236 e. The number of carbonyl (C=O) groups is 1. The van der Waals surface area contributed by atoms with Crippen LogP contribution in [0.3, 0.4) is 0 Å². The average molecular weight is 326 g/mol. The monoisotopic (exact) mass is 326 g/mol. The predicted octanol–water partition coefficient (Wildman–Crippen LogP) is 2.78. The first-order valence-corrected chi connectivity index (χ1v) is 8.74. The number of nitrogens with one attached hydrogen (secondary N) is 1. The van der Waals surface area contributed by atoms with Gasteiger partial charge in [-0.3, -0.25) is 4.79 Å². The molecule has 24 heavy (non-hydrogen) atoms. The zero-order valence-corrected chi connectivity index (χ0v) is 14.5. The van der Waals surface area contributed by atoms with Crippen LogP contribution >= 0.6 is 0 Å². The number of hydrogen-bond acceptors (Lipinski definition) is 3. The van der Waals surface area contributed by atoms with E-state index < -0.39 is 0 Å². The second kappa shape index (κ2) is 7.62. The molecule has 0 unspecified atom stereocenters. The average Bonchev–Trinajstić information content (AvgIpc) is 3.14. The summed E-state index contributed by atoms with van der Waals surface area (Å²) in [5.74, 6) is 0.822. The highest BCUT2D eigenvalue weighted by atomic mass is 16.2. The normalized spacial score (nSPS) is 19.2. The van der Waals surface area contributed by atoms with Gasteiger partial charge in [-0.2, -0.15) is 5.10 Å². The minimum atomic E-state index is 0.117. The van der Waals surface area contributed by atoms with E-state index in [1.54, 1.807) is 6.20 Å². The van der Waals surface area contributed by atoms with E-state index in [1.807, 2.05) is 34.0 Å². The zero-order chi connectivity index (χ0) is 16.9. The highest BCUT2D eigenvalue weighted by Crippen LogP contribution is 2.18. The van der Waals surface area contributed by atoms with Crippen LogP contribution < -0.4 is 5.32 Å². The third kappa shape index (κ3) is 4.03. The SMILES string of the molecule is C[C@@H]1CCCN(C(=O)CN[C@H](C)c2cccc(-n3cccn3)c2)C1. The second-order valence-corrected chi connectivity index (χ2v) is 6.74. The molecule has 2 atom stereocenters. The van der Waals surface area contributed by atoms with Crippen molar-refractivity contribution in [1.29, 1.82) is 0 Å². The van der Waals surface area contributed by atoms with Crippen LogP contribution in [-0.4, -0.2) is 40.2 Å². The van der Waals surface area contributed by atoms with E-state index in [1.165, 1.54) is 6.42 Å². The first kappa shape index (κ1) is 16.7. The molecule has 0 bridgehead atoms. The maximum atomic E-state index is 12.4. The number of rotatable bonds is 5. The fourth-order valence-electron chi connectivity index (χ4n) is 3.24. The summed E-state index contributed by atoms with van der Waals surface area (Å²) in [6, 6.07) is 10.3. The summed E-state index contributed by atoms with van der Waals surface area (Å²) in [6.07, 6.45) is 6.05. The Balaban J connectivity index is 1.58. The van der Waals surface area contributed by atoms with Crippen LogP contribution in [0.5, 0.6) is 0 Å². The quantitative estimate of drug-likeness (QED) is 0.919. The summed E-state index contributed by atoms with van der Waals surface area (Å²) < 4.78 is 1.84. The molecule has 128 valence electrons. The molecule has 5 heteroatoms. The van der Waals surface area contributed by atoms with E-state index in [0.717, 1.165) is 30.8 Å². The van der Waals surface area contributed by atoms with Crippen LogP contribution in [0.1, 0.15) is 38.3 Å². The van der Waals surface area contributed by atoms with Gasteiger partial charge in [-0.05, 0) is 49.4 Å². The lowest BCUT2D eigenvalue weighted by Crippen LogP contribution is -2.43. The lowest BCUT2D eigenvalue weighted by molar-refractivity contribution is -0.132. The van der Waals surface area contributed by atoms with Crippen molar-refractivity contribution in [2.24, 2.45) is 5.92 Å². The highest BCUT2D eigenvalue weighted by molar-refractivity contribution is 5.78. The summed E-state index contributed by atoms with van der Waals surface area (Å²) in [6.45, 7) is 6.49. The molecule has 1 saturated heterocycles. The molecule has 1 N–H and O–H groups in total. The molecule has 0 spiro atoms. The molecular weight excluding hydrogens is 300 g/mol. The van der Waals surface area contributed by atoms with Crippen molar-refractivity contribution in [3.8, 4) is 5.69 Å². The van der Waals surface area contributed by atoms with Gasteiger partial charge in [0.05, 0.1) is 12.2 Å². The summed E-state index contributed by atoms with van der Waals surface area (Å²) in [5, 5.41) is 7.63. The molecular formula is C19H26N4O. The fraction of sp³-hybridized carbons (Fsp3) is 0.474. The maximum absolute atomic E-state index is 12.4. The Morgan fingerprint density at radius 3 is 3.04 bits per heavy atom. The topological polar surface area (TPSA) is 50.2 Å². The molecule has 1 amide bonds. The standard InChI is InChI=1S/C19H26N4O/c1-15-6-4-10-22(14-15)19(24)13-20-16(2)17-7-3-8-18(12-17)23-11-5-9-21-23/h3,5,7-9,11-12,15-16,20H,4,6,10,13-14H2,1-2H3/t15-,16-/m1/s1. The van der Waals surface area contributed by atoms with Crippen molar-refractivity contribution in [3.05, 3.63) is 48.3 Å². The van der Waals surface area contributed by atoms with Gasteiger partial charge >= 0.3 is 0 Å². The molecule has 3 rings (SSSR count). The van der Waals surface area contributed by atoms with Crippen molar-refractivity contribution in [3.63, 3.8) is 0 Å². The number of benzene rings is 1. The lowest BCUT2D eigenvalue weighted by Gasteiger charge is -2.31. The largest absolute Gasteiger partial charge is 0.341 e. The molecule has 1 aliphatic rings. The summed E-state index contributed by atoms with van der Waals surface area (Å²) in [4.78, 5) is 14.4. The van der Waals surface area contributed by atoms with E-state index in [-0.39, 0.29) is 11.9 Å². The Bertz CT molecular complexity index is 668. The molecule has 0 saturated carbocycles. The van der Waals surface area contributed by atoms with Crippen LogP contribution in [0.25, 0.3) is 5.69 Å². The molecule has 0 aliphatic carbocycles. The van der Waals surface area contributed by atoms with E-state index in [2.05, 4.69) is 36.4 Å². The zero-order valence-electron chi connectivity index (χ0n) is 14.5. The fourth-order valence-corrected chi connectivity index (χ4v) is 3.24. The van der Waals surface area contributed by atoms with Crippen LogP contribution in [0.15, 0.2) is 42.7 Å². The van der Waals surface area contributed by atoms with Gasteiger partial charge in [-0.15, -0.1) is 0 Å². The Labute approximate surface area is 143 Å². The van der Waals surface area contributed by atoms with Gasteiger partial charge in [0.25, 0.3) is 0 Å². The third-order valence-electron chi connectivity index (χ3n) is 4.71. The van der Waals surface area contributed by atoms with Gasteiger partial charge in [0, 0.05) is 31.5 Å². The molecule has 1 fully saturated rings. The van der Waals surface area contributed by atoms with Crippen molar-refractivity contribution in [1.82, 2.24) is 20.0 Å². The molecule has 5 nitrogen and oxygen atoms in total. The summed E-state index contributed by atoms with van der Waals surface area (Å²) >= 11 is 0. The van der Waals surface area contributed by atoms with Gasteiger partial charge in [-0.1, -0.05) is 19.1 Å².